The number of amides is 1. The van der Waals surface area contributed by atoms with E-state index in [9.17, 15) is 4.79 Å². The quantitative estimate of drug-likeness (QED) is 0.896. The van der Waals surface area contributed by atoms with Crippen molar-refractivity contribution in [3.63, 3.8) is 0 Å². The van der Waals surface area contributed by atoms with Gasteiger partial charge in [-0.1, -0.05) is 0 Å². The molecular formula is C15H19Cl2N3OS. The third-order valence-electron chi connectivity index (χ3n) is 4.51. The van der Waals surface area contributed by atoms with E-state index in [4.69, 9.17) is 0 Å². The van der Waals surface area contributed by atoms with E-state index in [-0.39, 0.29) is 30.7 Å². The molecular weight excluding hydrogens is 341 g/mol. The number of fused-ring (bicyclic) bond motifs is 4. The van der Waals surface area contributed by atoms with Crippen LogP contribution < -0.4 is 5.32 Å². The van der Waals surface area contributed by atoms with Gasteiger partial charge in [0.1, 0.15) is 0 Å². The number of rotatable bonds is 2. The van der Waals surface area contributed by atoms with Crippen molar-refractivity contribution in [1.82, 2.24) is 15.2 Å². The Morgan fingerprint density at radius 3 is 2.73 bits per heavy atom. The van der Waals surface area contributed by atoms with Crippen LogP contribution in [0.1, 0.15) is 22.5 Å². The molecule has 4 nitrogen and oxygen atoms in total. The van der Waals surface area contributed by atoms with Gasteiger partial charge in [0.05, 0.1) is 4.88 Å². The van der Waals surface area contributed by atoms with Gasteiger partial charge in [0, 0.05) is 35.1 Å². The van der Waals surface area contributed by atoms with Gasteiger partial charge in [0.2, 0.25) is 0 Å². The Bertz CT molecular complexity index is 622. The van der Waals surface area contributed by atoms with Crippen LogP contribution in [0.4, 0.5) is 0 Å². The molecule has 3 aliphatic heterocycles. The van der Waals surface area contributed by atoms with E-state index in [0.29, 0.717) is 12.0 Å². The van der Waals surface area contributed by atoms with Crippen molar-refractivity contribution < 1.29 is 4.79 Å². The van der Waals surface area contributed by atoms with Gasteiger partial charge in [-0.15, -0.1) is 36.2 Å². The molecule has 0 spiro atoms. The molecule has 3 fully saturated rings. The number of halogens is 2. The zero-order chi connectivity index (χ0) is 13.5. The van der Waals surface area contributed by atoms with Gasteiger partial charge >= 0.3 is 0 Å². The van der Waals surface area contributed by atoms with Gasteiger partial charge < -0.3 is 10.2 Å². The Balaban J connectivity index is 0.000000882. The fourth-order valence-electron chi connectivity index (χ4n) is 3.36. The smallest absolute Gasteiger partial charge is 0.261 e. The first kappa shape index (κ1) is 17.5. The third kappa shape index (κ3) is 3.23. The molecule has 0 unspecified atom stereocenters. The Hall–Kier alpha value is -0.880. The lowest BCUT2D eigenvalue weighted by Gasteiger charge is -2.44. The molecule has 22 heavy (non-hydrogen) atoms. The summed E-state index contributed by atoms with van der Waals surface area (Å²) in [6.45, 7) is 3.42. The molecule has 3 aliphatic rings. The van der Waals surface area contributed by atoms with Gasteiger partial charge in [-0.25, -0.2) is 0 Å². The second-order valence-electron chi connectivity index (χ2n) is 5.74. The van der Waals surface area contributed by atoms with E-state index >= 15 is 0 Å². The highest BCUT2D eigenvalue weighted by molar-refractivity contribution is 7.20. The summed E-state index contributed by atoms with van der Waals surface area (Å²) in [5.41, 5.74) is 0. The van der Waals surface area contributed by atoms with Crippen LogP contribution in [0.3, 0.4) is 0 Å². The van der Waals surface area contributed by atoms with Crippen LogP contribution in [0.15, 0.2) is 24.5 Å². The second kappa shape index (κ2) is 7.13. The number of thiophene rings is 1. The van der Waals surface area contributed by atoms with Crippen molar-refractivity contribution >= 4 is 52.1 Å². The normalized spacial score (nSPS) is 26.1. The molecule has 5 heterocycles. The number of carbonyl (C=O) groups is 1. The summed E-state index contributed by atoms with van der Waals surface area (Å²) in [5.74, 6) is 0.741. The lowest BCUT2D eigenvalue weighted by atomic mass is 9.84. The van der Waals surface area contributed by atoms with Gasteiger partial charge in [0.25, 0.3) is 5.91 Å². The number of nitrogens with zero attached hydrogens (tertiary/aromatic N) is 2. The molecule has 1 amide bonds. The first-order valence-electron chi connectivity index (χ1n) is 7.16. The van der Waals surface area contributed by atoms with Crippen LogP contribution in [0.5, 0.6) is 0 Å². The molecule has 7 heteroatoms. The monoisotopic (exact) mass is 359 g/mol. The summed E-state index contributed by atoms with van der Waals surface area (Å²) in [7, 11) is 0. The number of hydrogen-bond acceptors (Lipinski definition) is 4. The predicted molar refractivity (Wildman–Crippen MR) is 94.5 cm³/mol. The zero-order valence-electron chi connectivity index (χ0n) is 12.0. The molecule has 2 bridgehead atoms. The van der Waals surface area contributed by atoms with Crippen LogP contribution in [-0.4, -0.2) is 41.5 Å². The Morgan fingerprint density at radius 2 is 2.09 bits per heavy atom. The van der Waals surface area contributed by atoms with Crippen LogP contribution >= 0.6 is 36.2 Å². The van der Waals surface area contributed by atoms with E-state index in [1.165, 1.54) is 25.9 Å². The highest BCUT2D eigenvalue weighted by atomic mass is 35.5. The largest absolute Gasteiger partial charge is 0.347 e. The SMILES string of the molecule is Cl.Cl.O=C(N[C@H]1CN2CCC1CC2)c1cc2cnccc2s1. The highest BCUT2D eigenvalue weighted by Gasteiger charge is 2.35. The van der Waals surface area contributed by atoms with E-state index in [1.807, 2.05) is 18.3 Å². The predicted octanol–water partition coefficient (Wildman–Crippen LogP) is 2.96. The lowest BCUT2D eigenvalue weighted by molar-refractivity contribution is 0.0622. The van der Waals surface area contributed by atoms with Crippen molar-refractivity contribution in [2.75, 3.05) is 19.6 Å². The van der Waals surface area contributed by atoms with E-state index < -0.39 is 0 Å². The average Bonchev–Trinajstić information content (AvgIpc) is 2.92. The van der Waals surface area contributed by atoms with Gasteiger partial charge in [0.15, 0.2) is 0 Å². The first-order valence-corrected chi connectivity index (χ1v) is 7.98. The summed E-state index contributed by atoms with van der Waals surface area (Å²) in [6.07, 6.45) is 6.04. The third-order valence-corrected chi connectivity index (χ3v) is 5.63. The Kier molecular flexibility index (Phi) is 5.66. The topological polar surface area (TPSA) is 45.2 Å². The maximum absolute atomic E-state index is 12.4. The number of carbonyl (C=O) groups excluding carboxylic acids is 1. The maximum Gasteiger partial charge on any atom is 0.261 e. The van der Waals surface area contributed by atoms with Gasteiger partial charge in [-0.05, 0) is 44.0 Å². The summed E-state index contributed by atoms with van der Waals surface area (Å²) in [6, 6.07) is 4.24. The van der Waals surface area contributed by atoms with Crippen molar-refractivity contribution in [3.05, 3.63) is 29.4 Å². The van der Waals surface area contributed by atoms with E-state index in [0.717, 1.165) is 21.5 Å². The Labute approximate surface area is 146 Å². The fourth-order valence-corrected chi connectivity index (χ4v) is 4.30. The molecule has 2 aromatic rings. The first-order chi connectivity index (χ1) is 9.79. The van der Waals surface area contributed by atoms with Crippen LogP contribution in [0.2, 0.25) is 0 Å². The molecule has 120 valence electrons. The van der Waals surface area contributed by atoms with Gasteiger partial charge in [-0.2, -0.15) is 0 Å². The molecule has 5 rings (SSSR count). The van der Waals surface area contributed by atoms with E-state index in [2.05, 4.69) is 15.2 Å². The maximum atomic E-state index is 12.4. The minimum absolute atomic E-state index is 0. The number of nitrogens with one attached hydrogen (secondary N) is 1. The lowest BCUT2D eigenvalue weighted by Crippen LogP contribution is -2.57. The van der Waals surface area contributed by atoms with Crippen molar-refractivity contribution in [2.24, 2.45) is 5.92 Å². The number of piperidine rings is 3. The minimum Gasteiger partial charge on any atom is -0.347 e. The summed E-state index contributed by atoms with van der Waals surface area (Å²) < 4.78 is 1.12. The molecule has 0 aliphatic carbocycles. The van der Waals surface area contributed by atoms with Crippen molar-refractivity contribution in [3.8, 4) is 0 Å². The molecule has 0 saturated carbocycles. The second-order valence-corrected chi connectivity index (χ2v) is 6.83. The molecule has 1 atom stereocenters. The average molecular weight is 360 g/mol. The van der Waals surface area contributed by atoms with Crippen LogP contribution in [0, 0.1) is 5.92 Å². The molecule has 0 aromatic carbocycles. The van der Waals surface area contributed by atoms with E-state index in [1.54, 1.807) is 17.5 Å². The Morgan fingerprint density at radius 1 is 1.32 bits per heavy atom. The molecule has 0 radical (unpaired) electrons. The van der Waals surface area contributed by atoms with Crippen LogP contribution in [0.25, 0.3) is 10.1 Å². The zero-order valence-corrected chi connectivity index (χ0v) is 14.5. The fraction of sp³-hybridized carbons (Fsp3) is 0.467. The van der Waals surface area contributed by atoms with Crippen molar-refractivity contribution in [1.29, 1.82) is 0 Å². The standard InChI is InChI=1S/C15H17N3OS.2ClH/c19-15(14-7-11-8-16-4-1-13(11)20-14)17-12-9-18-5-2-10(12)3-6-18;;/h1,4,7-8,10,12H,2-3,5-6,9H2,(H,17,19);2*1H/t12-;;/m0../s1. The number of aromatic nitrogens is 1. The summed E-state index contributed by atoms with van der Waals surface area (Å²) in [5, 5.41) is 4.29. The van der Waals surface area contributed by atoms with Crippen LogP contribution in [-0.2, 0) is 0 Å². The highest BCUT2D eigenvalue weighted by Crippen LogP contribution is 2.29. The number of hydrogen-bond donors (Lipinski definition) is 1. The van der Waals surface area contributed by atoms with Crippen molar-refractivity contribution in [2.45, 2.75) is 18.9 Å². The molecule has 3 saturated heterocycles. The summed E-state index contributed by atoms with van der Waals surface area (Å²) >= 11 is 1.55. The summed E-state index contributed by atoms with van der Waals surface area (Å²) in [4.78, 5) is 19.8. The van der Waals surface area contributed by atoms with Gasteiger partial charge in [-0.3, -0.25) is 9.78 Å². The number of pyridine rings is 1. The molecule has 2 aromatic heterocycles. The minimum atomic E-state index is 0. The molecule has 1 N–H and O–H groups in total.